The molecule has 0 bridgehead atoms. The number of hydrogen-bond acceptors (Lipinski definition) is 9. The number of aliphatic hydroxyl groups is 1. The van der Waals surface area contributed by atoms with Crippen LogP contribution < -0.4 is 0 Å². The minimum absolute atomic E-state index is 0.225. The van der Waals surface area contributed by atoms with Crippen LogP contribution in [-0.4, -0.2) is 60.5 Å². The molecule has 0 spiro atoms. The van der Waals surface area contributed by atoms with Crippen LogP contribution in [0.25, 0.3) is 0 Å². The van der Waals surface area contributed by atoms with Gasteiger partial charge in [-0.15, -0.1) is 0 Å². The first-order chi connectivity index (χ1) is 24.2. The molecule has 0 amide bonds. The molecule has 0 saturated heterocycles. The fraction of sp³-hybridized carbons (Fsp3) is 0.902. The number of aliphatic hydroxyl groups excluding tert-OH is 1. The van der Waals surface area contributed by atoms with Crippen molar-refractivity contribution in [3.63, 3.8) is 0 Å². The van der Waals surface area contributed by atoms with Gasteiger partial charge in [0.25, 0.3) is 0 Å². The lowest BCUT2D eigenvalue weighted by Gasteiger charge is -2.20. The monoisotopic (exact) mass is 713 g/mol. The largest absolute Gasteiger partial charge is 0.462 e. The highest BCUT2D eigenvalue weighted by Gasteiger charge is 2.25. The van der Waals surface area contributed by atoms with Crippen molar-refractivity contribution in [2.24, 2.45) is 0 Å². The number of esters is 4. The topological polar surface area (TPSA) is 125 Å². The molecule has 0 aromatic heterocycles. The van der Waals surface area contributed by atoms with Crippen molar-refractivity contribution in [2.45, 2.75) is 226 Å². The van der Waals surface area contributed by atoms with Gasteiger partial charge in [-0.05, 0) is 26.7 Å². The standard InChI is InChI=1S/C41H76O9/c1-5-7-9-11-13-15-17-19-21-23-25-27-29-31-38(43)47-33-37(34-48-41(46)36(4)49-40(45)35(3)42)50-39(44)32-30-28-26-24-22-20-18-16-14-12-10-8-6-2/h35-37,42H,5-34H2,1-4H3/t35-,36+,37?/m1/s1. The molecule has 0 aromatic rings. The van der Waals surface area contributed by atoms with Crippen LogP contribution in [0.15, 0.2) is 0 Å². The van der Waals surface area contributed by atoms with Crippen molar-refractivity contribution in [3.05, 3.63) is 0 Å². The summed E-state index contributed by atoms with van der Waals surface area (Å²) in [7, 11) is 0. The van der Waals surface area contributed by atoms with Gasteiger partial charge < -0.3 is 24.1 Å². The van der Waals surface area contributed by atoms with Crippen LogP contribution in [0.4, 0.5) is 0 Å². The van der Waals surface area contributed by atoms with Crippen LogP contribution in [-0.2, 0) is 38.1 Å². The van der Waals surface area contributed by atoms with Gasteiger partial charge in [0.15, 0.2) is 12.2 Å². The molecular weight excluding hydrogens is 636 g/mol. The summed E-state index contributed by atoms with van der Waals surface area (Å²) in [5.41, 5.74) is 0. The zero-order valence-corrected chi connectivity index (χ0v) is 32.7. The predicted molar refractivity (Wildman–Crippen MR) is 200 cm³/mol. The summed E-state index contributed by atoms with van der Waals surface area (Å²) in [4.78, 5) is 49.0. The molecule has 0 saturated carbocycles. The zero-order valence-electron chi connectivity index (χ0n) is 32.7. The number of rotatable bonds is 36. The van der Waals surface area contributed by atoms with Crippen LogP contribution in [0, 0.1) is 0 Å². The van der Waals surface area contributed by atoms with E-state index in [2.05, 4.69) is 13.8 Å². The number of ether oxygens (including phenoxy) is 4. The van der Waals surface area contributed by atoms with Crippen molar-refractivity contribution in [1.29, 1.82) is 0 Å². The number of hydrogen-bond donors (Lipinski definition) is 1. The van der Waals surface area contributed by atoms with Gasteiger partial charge in [-0.3, -0.25) is 9.59 Å². The van der Waals surface area contributed by atoms with E-state index in [1.165, 1.54) is 136 Å². The van der Waals surface area contributed by atoms with Crippen molar-refractivity contribution in [1.82, 2.24) is 0 Å². The van der Waals surface area contributed by atoms with E-state index in [1.54, 1.807) is 0 Å². The van der Waals surface area contributed by atoms with Gasteiger partial charge in [-0.2, -0.15) is 0 Å². The van der Waals surface area contributed by atoms with E-state index < -0.39 is 36.2 Å². The van der Waals surface area contributed by atoms with E-state index in [4.69, 9.17) is 18.9 Å². The molecule has 50 heavy (non-hydrogen) atoms. The SMILES string of the molecule is CCCCCCCCCCCCCCCC(=O)OCC(COC(=O)[C@H](C)OC(=O)[C@@H](C)O)OC(=O)CCCCCCCCCCCCCCC. The number of unbranched alkanes of at least 4 members (excludes halogenated alkanes) is 24. The van der Waals surface area contributed by atoms with E-state index in [0.717, 1.165) is 38.5 Å². The second-order valence-electron chi connectivity index (χ2n) is 14.2. The van der Waals surface area contributed by atoms with Crippen molar-refractivity contribution in [2.75, 3.05) is 13.2 Å². The summed E-state index contributed by atoms with van der Waals surface area (Å²) in [6.07, 6.45) is 28.4. The lowest BCUT2D eigenvalue weighted by Crippen LogP contribution is -2.35. The minimum Gasteiger partial charge on any atom is -0.462 e. The Morgan fingerprint density at radius 2 is 0.780 bits per heavy atom. The summed E-state index contributed by atoms with van der Waals surface area (Å²) in [6.45, 7) is 6.48. The maximum Gasteiger partial charge on any atom is 0.347 e. The predicted octanol–water partition coefficient (Wildman–Crippen LogP) is 10.3. The lowest BCUT2D eigenvalue weighted by atomic mass is 10.0. The van der Waals surface area contributed by atoms with Gasteiger partial charge >= 0.3 is 23.9 Å². The van der Waals surface area contributed by atoms with Crippen LogP contribution in [0.5, 0.6) is 0 Å². The lowest BCUT2D eigenvalue weighted by molar-refractivity contribution is -0.177. The summed E-state index contributed by atoms with van der Waals surface area (Å²) in [6, 6.07) is 0. The molecule has 0 radical (unpaired) electrons. The van der Waals surface area contributed by atoms with Gasteiger partial charge in [0.05, 0.1) is 0 Å². The molecule has 3 atom stereocenters. The fourth-order valence-electron chi connectivity index (χ4n) is 5.81. The third-order valence-corrected chi connectivity index (χ3v) is 9.07. The third-order valence-electron chi connectivity index (χ3n) is 9.07. The van der Waals surface area contributed by atoms with Crippen LogP contribution in [0.1, 0.15) is 207 Å². The van der Waals surface area contributed by atoms with Gasteiger partial charge in [-0.1, -0.05) is 168 Å². The average molecular weight is 713 g/mol. The molecule has 1 unspecified atom stereocenters. The molecule has 0 aliphatic carbocycles. The molecule has 9 heteroatoms. The van der Waals surface area contributed by atoms with Gasteiger partial charge in [-0.25, -0.2) is 9.59 Å². The summed E-state index contributed by atoms with van der Waals surface area (Å²) >= 11 is 0. The fourth-order valence-corrected chi connectivity index (χ4v) is 5.81. The van der Waals surface area contributed by atoms with E-state index >= 15 is 0 Å². The summed E-state index contributed by atoms with van der Waals surface area (Å²) < 4.78 is 21.0. The molecule has 0 aliphatic heterocycles. The second kappa shape index (κ2) is 35.3. The smallest absolute Gasteiger partial charge is 0.347 e. The van der Waals surface area contributed by atoms with Crippen LogP contribution in [0.2, 0.25) is 0 Å². The Balaban J connectivity index is 4.37. The highest BCUT2D eigenvalue weighted by molar-refractivity contribution is 5.80. The molecule has 0 aliphatic rings. The molecule has 1 N–H and O–H groups in total. The highest BCUT2D eigenvalue weighted by atomic mass is 16.6. The Kier molecular flexibility index (Phi) is 33.7. The van der Waals surface area contributed by atoms with Crippen molar-refractivity contribution >= 4 is 23.9 Å². The first-order valence-corrected chi connectivity index (χ1v) is 20.6. The van der Waals surface area contributed by atoms with E-state index in [-0.39, 0.29) is 32.0 Å². The average Bonchev–Trinajstić information content (AvgIpc) is 3.09. The van der Waals surface area contributed by atoms with Gasteiger partial charge in [0.2, 0.25) is 0 Å². The maximum atomic E-state index is 12.6. The normalized spacial score (nSPS) is 13.0. The highest BCUT2D eigenvalue weighted by Crippen LogP contribution is 2.15. The Morgan fingerprint density at radius 3 is 1.16 bits per heavy atom. The number of carbonyl (C=O) groups is 4. The molecule has 294 valence electrons. The van der Waals surface area contributed by atoms with Crippen LogP contribution >= 0.6 is 0 Å². The third kappa shape index (κ3) is 31.8. The number of carbonyl (C=O) groups excluding carboxylic acids is 4. The first kappa shape index (κ1) is 47.8. The molecule has 0 rings (SSSR count). The van der Waals surface area contributed by atoms with E-state index in [1.807, 2.05) is 0 Å². The summed E-state index contributed by atoms with van der Waals surface area (Å²) in [5, 5.41) is 9.32. The molecule has 0 fully saturated rings. The quantitative estimate of drug-likeness (QED) is 0.0384. The Labute approximate surface area is 305 Å². The minimum atomic E-state index is -1.38. The van der Waals surface area contributed by atoms with Gasteiger partial charge in [0.1, 0.15) is 19.3 Å². The Bertz CT molecular complexity index is 829. The van der Waals surface area contributed by atoms with Crippen molar-refractivity contribution in [3.8, 4) is 0 Å². The van der Waals surface area contributed by atoms with Gasteiger partial charge in [0, 0.05) is 12.8 Å². The van der Waals surface area contributed by atoms with Crippen molar-refractivity contribution < 1.29 is 43.2 Å². The zero-order chi connectivity index (χ0) is 37.1. The first-order valence-electron chi connectivity index (χ1n) is 20.6. The van der Waals surface area contributed by atoms with Crippen LogP contribution in [0.3, 0.4) is 0 Å². The molecule has 9 nitrogen and oxygen atoms in total. The maximum absolute atomic E-state index is 12.6. The second-order valence-corrected chi connectivity index (χ2v) is 14.2. The van der Waals surface area contributed by atoms with E-state index in [9.17, 15) is 24.3 Å². The molecule has 0 heterocycles. The Morgan fingerprint density at radius 1 is 0.440 bits per heavy atom. The van der Waals surface area contributed by atoms with E-state index in [0.29, 0.717) is 6.42 Å². The summed E-state index contributed by atoms with van der Waals surface area (Å²) in [5.74, 6) is -2.61. The molecule has 0 aromatic carbocycles. The molecular formula is C41H76O9. The Hall–Kier alpha value is -2.16.